The summed E-state index contributed by atoms with van der Waals surface area (Å²) in [6.45, 7) is 11.9. The number of aliphatic hydroxyl groups excluding tert-OH is 1. The van der Waals surface area contributed by atoms with Gasteiger partial charge in [0.25, 0.3) is 0 Å². The molecule has 0 aromatic heterocycles. The van der Waals surface area contributed by atoms with Crippen LogP contribution in [-0.4, -0.2) is 41.0 Å². The zero-order valence-electron chi connectivity index (χ0n) is 12.4. The van der Waals surface area contributed by atoms with Crippen molar-refractivity contribution in [1.82, 2.24) is 4.90 Å². The van der Waals surface area contributed by atoms with E-state index in [1.807, 2.05) is 53.5 Å². The largest absolute Gasteiger partial charge is 0.391 e. The van der Waals surface area contributed by atoms with Gasteiger partial charge >= 0.3 is 0 Å². The molecule has 0 heterocycles. The van der Waals surface area contributed by atoms with Crippen LogP contribution >= 0.6 is 0 Å². The van der Waals surface area contributed by atoms with Crippen LogP contribution in [0.15, 0.2) is 0 Å². The average molecular weight is 243 g/mol. The van der Waals surface area contributed by atoms with Crippen LogP contribution in [0.4, 0.5) is 0 Å². The summed E-state index contributed by atoms with van der Waals surface area (Å²) < 4.78 is 0. The molecule has 0 aromatic rings. The molecule has 1 N–H and O–H groups in total. The molecule has 0 radical (unpaired) electrons. The molecule has 3 heteroatoms. The fourth-order valence-corrected chi connectivity index (χ4v) is 1.83. The number of likely N-dealkylation sites (N-methyl/N-ethyl adjacent to an activating group) is 1. The predicted molar refractivity (Wildman–Crippen MR) is 72.0 cm³/mol. The molecule has 102 valence electrons. The van der Waals surface area contributed by atoms with Crippen LogP contribution in [0.2, 0.25) is 0 Å². The van der Waals surface area contributed by atoms with Crippen LogP contribution in [0.5, 0.6) is 0 Å². The first-order valence-electron chi connectivity index (χ1n) is 6.67. The van der Waals surface area contributed by atoms with E-state index in [0.717, 1.165) is 6.42 Å². The lowest BCUT2D eigenvalue weighted by Crippen LogP contribution is -2.53. The van der Waals surface area contributed by atoms with Crippen molar-refractivity contribution >= 4 is 5.78 Å². The number of ketones is 1. The van der Waals surface area contributed by atoms with Crippen molar-refractivity contribution in [3.05, 3.63) is 0 Å². The molecule has 0 aliphatic carbocycles. The number of carbonyl (C=O) groups excluding carboxylic acids is 1. The number of Topliss-reactive ketones (excluding diaryl/α,β-unsaturated/α-hetero) is 1. The SMILES string of the molecule is CC[C@@H](C)C(O)C(C(=O)C(C)C)N(C)C(C)C. The van der Waals surface area contributed by atoms with E-state index in [-0.39, 0.29) is 29.7 Å². The second kappa shape index (κ2) is 7.12. The van der Waals surface area contributed by atoms with E-state index in [0.29, 0.717) is 0 Å². The van der Waals surface area contributed by atoms with Gasteiger partial charge < -0.3 is 5.11 Å². The molecule has 0 spiro atoms. The molecule has 2 unspecified atom stereocenters. The summed E-state index contributed by atoms with van der Waals surface area (Å²) >= 11 is 0. The van der Waals surface area contributed by atoms with Crippen molar-refractivity contribution in [1.29, 1.82) is 0 Å². The quantitative estimate of drug-likeness (QED) is 0.746. The lowest BCUT2D eigenvalue weighted by molar-refractivity contribution is -0.133. The molecule has 0 saturated heterocycles. The highest BCUT2D eigenvalue weighted by Crippen LogP contribution is 2.20. The van der Waals surface area contributed by atoms with Gasteiger partial charge in [-0.05, 0) is 26.8 Å². The van der Waals surface area contributed by atoms with Gasteiger partial charge in [-0.15, -0.1) is 0 Å². The number of rotatable bonds is 7. The molecule has 3 atom stereocenters. The molecule has 0 saturated carbocycles. The summed E-state index contributed by atoms with van der Waals surface area (Å²) in [6, 6.07) is -0.133. The zero-order valence-corrected chi connectivity index (χ0v) is 12.4. The van der Waals surface area contributed by atoms with E-state index in [2.05, 4.69) is 0 Å². The first-order valence-corrected chi connectivity index (χ1v) is 6.67. The van der Waals surface area contributed by atoms with Crippen molar-refractivity contribution < 1.29 is 9.90 Å². The van der Waals surface area contributed by atoms with Gasteiger partial charge in [-0.3, -0.25) is 9.69 Å². The molecule has 0 fully saturated rings. The van der Waals surface area contributed by atoms with Gasteiger partial charge in [0, 0.05) is 12.0 Å². The Morgan fingerprint density at radius 1 is 1.18 bits per heavy atom. The predicted octanol–water partition coefficient (Wildman–Crippen LogP) is 2.33. The smallest absolute Gasteiger partial charge is 0.155 e. The Labute approximate surface area is 106 Å². The van der Waals surface area contributed by atoms with E-state index in [9.17, 15) is 9.90 Å². The first-order chi connectivity index (χ1) is 7.73. The zero-order chi connectivity index (χ0) is 13.7. The topological polar surface area (TPSA) is 40.5 Å². The van der Waals surface area contributed by atoms with Crippen molar-refractivity contribution in [3.8, 4) is 0 Å². The van der Waals surface area contributed by atoms with Crippen LogP contribution in [0, 0.1) is 11.8 Å². The minimum Gasteiger partial charge on any atom is -0.391 e. The summed E-state index contributed by atoms with van der Waals surface area (Å²) in [6.07, 6.45) is 0.303. The summed E-state index contributed by atoms with van der Waals surface area (Å²) in [5.74, 6) is 0.234. The second-order valence-electron chi connectivity index (χ2n) is 5.64. The van der Waals surface area contributed by atoms with Gasteiger partial charge in [-0.1, -0.05) is 34.1 Å². The normalized spacial score (nSPS) is 17.6. The van der Waals surface area contributed by atoms with Gasteiger partial charge in [0.05, 0.1) is 12.1 Å². The van der Waals surface area contributed by atoms with Crippen LogP contribution < -0.4 is 0 Å². The molecule has 0 rings (SSSR count). The Balaban J connectivity index is 5.04. The van der Waals surface area contributed by atoms with Gasteiger partial charge in [0.1, 0.15) is 0 Å². The highest BCUT2D eigenvalue weighted by Gasteiger charge is 2.35. The van der Waals surface area contributed by atoms with Crippen LogP contribution in [0.25, 0.3) is 0 Å². The lowest BCUT2D eigenvalue weighted by Gasteiger charge is -2.36. The monoisotopic (exact) mass is 243 g/mol. The minimum atomic E-state index is -0.581. The number of hydrogen-bond donors (Lipinski definition) is 1. The molecule has 0 aliphatic heterocycles. The Kier molecular flexibility index (Phi) is 6.95. The Morgan fingerprint density at radius 3 is 1.94 bits per heavy atom. The Bertz CT molecular complexity index is 238. The lowest BCUT2D eigenvalue weighted by atomic mass is 9.88. The third-order valence-electron chi connectivity index (χ3n) is 3.66. The number of aliphatic hydroxyl groups is 1. The van der Waals surface area contributed by atoms with E-state index in [1.165, 1.54) is 0 Å². The Hall–Kier alpha value is -0.410. The van der Waals surface area contributed by atoms with Crippen LogP contribution in [0.3, 0.4) is 0 Å². The molecule has 0 bridgehead atoms. The number of carbonyl (C=O) groups is 1. The number of hydrogen-bond acceptors (Lipinski definition) is 3. The van der Waals surface area contributed by atoms with E-state index < -0.39 is 6.10 Å². The summed E-state index contributed by atoms with van der Waals surface area (Å²) in [4.78, 5) is 14.2. The third-order valence-corrected chi connectivity index (χ3v) is 3.66. The van der Waals surface area contributed by atoms with E-state index in [1.54, 1.807) is 0 Å². The van der Waals surface area contributed by atoms with Gasteiger partial charge in [0.15, 0.2) is 5.78 Å². The maximum atomic E-state index is 12.2. The van der Waals surface area contributed by atoms with Gasteiger partial charge in [0.2, 0.25) is 0 Å². The van der Waals surface area contributed by atoms with E-state index in [4.69, 9.17) is 0 Å². The summed E-state index contributed by atoms with van der Waals surface area (Å²) in [7, 11) is 1.92. The molecule has 17 heavy (non-hydrogen) atoms. The minimum absolute atomic E-state index is 0.0418. The molecular weight excluding hydrogens is 214 g/mol. The fraction of sp³-hybridized carbons (Fsp3) is 0.929. The third kappa shape index (κ3) is 4.40. The Morgan fingerprint density at radius 2 is 1.65 bits per heavy atom. The highest BCUT2D eigenvalue weighted by molar-refractivity contribution is 5.86. The number of nitrogens with zero attached hydrogens (tertiary/aromatic N) is 1. The van der Waals surface area contributed by atoms with Crippen LogP contribution in [-0.2, 0) is 4.79 Å². The molecule has 3 nitrogen and oxygen atoms in total. The molecular formula is C14H29NO2. The van der Waals surface area contributed by atoms with Gasteiger partial charge in [-0.2, -0.15) is 0 Å². The maximum Gasteiger partial charge on any atom is 0.155 e. The van der Waals surface area contributed by atoms with Gasteiger partial charge in [-0.25, -0.2) is 0 Å². The molecule has 0 aliphatic rings. The standard InChI is InChI=1S/C14H29NO2/c1-8-11(6)14(17)12(13(16)9(2)3)15(7)10(4)5/h9-12,14,17H,8H2,1-7H3/t11-,12?,14?/m1/s1. The fourth-order valence-electron chi connectivity index (χ4n) is 1.83. The summed E-state index contributed by atoms with van der Waals surface area (Å²) in [5, 5.41) is 10.4. The van der Waals surface area contributed by atoms with Crippen molar-refractivity contribution in [2.45, 2.75) is 66.2 Å². The molecule has 0 amide bonds. The van der Waals surface area contributed by atoms with Crippen molar-refractivity contribution in [2.75, 3.05) is 7.05 Å². The van der Waals surface area contributed by atoms with E-state index >= 15 is 0 Å². The van der Waals surface area contributed by atoms with Crippen molar-refractivity contribution in [3.63, 3.8) is 0 Å². The average Bonchev–Trinajstić information content (AvgIpc) is 2.27. The highest BCUT2D eigenvalue weighted by atomic mass is 16.3. The first kappa shape index (κ1) is 16.6. The second-order valence-corrected chi connectivity index (χ2v) is 5.64. The maximum absolute atomic E-state index is 12.2. The van der Waals surface area contributed by atoms with Crippen LogP contribution in [0.1, 0.15) is 48.0 Å². The summed E-state index contributed by atoms with van der Waals surface area (Å²) in [5.41, 5.74) is 0. The van der Waals surface area contributed by atoms with Crippen molar-refractivity contribution in [2.24, 2.45) is 11.8 Å². The molecule has 0 aromatic carbocycles.